The largest absolute Gasteiger partial charge is 0.491 e. The van der Waals surface area contributed by atoms with Crippen LogP contribution in [0.5, 0.6) is 0 Å². The average molecular weight is 658 g/mol. The van der Waals surface area contributed by atoms with Crippen molar-refractivity contribution in [3.8, 4) is 0 Å². The maximum atomic E-state index is 13.4. The molecule has 1 aliphatic heterocycles. The molecule has 1 aliphatic rings. The first-order valence-corrected chi connectivity index (χ1v) is 16.1. The van der Waals surface area contributed by atoms with Gasteiger partial charge in [-0.05, 0) is 57.2 Å². The molecule has 0 bridgehead atoms. The topological polar surface area (TPSA) is 132 Å². The lowest BCUT2D eigenvalue weighted by Gasteiger charge is -2.28. The van der Waals surface area contributed by atoms with Gasteiger partial charge in [-0.3, -0.25) is 14.4 Å². The number of likely N-dealkylation sites (N-methyl/N-ethyl adjacent to an activating group) is 1. The zero-order valence-corrected chi connectivity index (χ0v) is 28.9. The molecule has 5 N–H and O–H groups in total. The highest BCUT2D eigenvalue weighted by molar-refractivity contribution is 6.31. The lowest BCUT2D eigenvalue weighted by atomic mass is 10.0. The number of hydrogen-bond donors (Lipinski definition) is 5. The molecule has 0 aromatic heterocycles. The zero-order valence-electron chi connectivity index (χ0n) is 28.2. The van der Waals surface area contributed by atoms with E-state index in [1.807, 2.05) is 14.0 Å². The Morgan fingerprint density at radius 1 is 1.17 bits per heavy atom. The first kappa shape index (κ1) is 40.0. The Hall–Kier alpha value is -4.02. The number of allylic oxidation sites excluding steroid dienone is 4. The molecule has 2 unspecified atom stereocenters. The minimum absolute atomic E-state index is 0.0284. The standard InChI is InChI=1S/C26H39N5O3.C9H13ClO2/c1-6-9-11-19(10-7-2)31(5)26(34)20-15-24-23(14-18(20)16-32)29-25(30-24)21(17-33)22(28-8-3)12-13-27-4;1-4-9(12-6-5-11)7(2)8(3)10/h12-17,19,25,27-30H,6-11H2,1-5H3;4,11H,1,3,5-6H2,2H3/b13-12-,22-21-;9-7+. The molecule has 2 atom stereocenters. The van der Waals surface area contributed by atoms with Gasteiger partial charge in [0.05, 0.1) is 29.1 Å². The lowest BCUT2D eigenvalue weighted by Crippen LogP contribution is -2.37. The number of carbonyl (C=O) groups is 3. The fourth-order valence-electron chi connectivity index (χ4n) is 4.81. The second-order valence-electron chi connectivity index (χ2n) is 10.6. The van der Waals surface area contributed by atoms with Crippen LogP contribution >= 0.6 is 11.6 Å². The zero-order chi connectivity index (χ0) is 34.6. The van der Waals surface area contributed by atoms with E-state index in [0.717, 1.165) is 44.0 Å². The van der Waals surface area contributed by atoms with Crippen LogP contribution in [0.2, 0.25) is 0 Å². The van der Waals surface area contributed by atoms with Crippen LogP contribution in [0.1, 0.15) is 80.5 Å². The normalized spacial score (nSPS) is 15.0. The minimum Gasteiger partial charge on any atom is -0.491 e. The number of nitrogens with zero attached hydrogens (tertiary/aromatic N) is 1. The molecule has 11 heteroatoms. The Balaban J connectivity index is 0.000000745. The Morgan fingerprint density at radius 2 is 1.85 bits per heavy atom. The number of unbranched alkanes of at least 4 members (excludes halogenated alkanes) is 1. The molecule has 0 aliphatic carbocycles. The number of halogens is 1. The van der Waals surface area contributed by atoms with Crippen molar-refractivity contribution in [3.05, 3.63) is 82.4 Å². The van der Waals surface area contributed by atoms with Crippen molar-refractivity contribution >= 4 is 41.5 Å². The molecule has 254 valence electrons. The summed E-state index contributed by atoms with van der Waals surface area (Å²) in [7, 11) is 3.60. The van der Waals surface area contributed by atoms with Gasteiger partial charge in [-0.2, -0.15) is 0 Å². The SMILES string of the molecule is C=C/C(OCCO)=C(/C)C(=C)Cl.CCCCC(CCC)N(C)C(=O)c1cc2c(cc1C=O)NC(/C(C=O)=C(/C=C\NC)NCC)N2. The van der Waals surface area contributed by atoms with E-state index in [9.17, 15) is 14.4 Å². The van der Waals surface area contributed by atoms with Crippen molar-refractivity contribution in [2.45, 2.75) is 72.0 Å². The number of nitrogens with one attached hydrogen (secondary N) is 4. The first-order chi connectivity index (χ1) is 22.1. The van der Waals surface area contributed by atoms with Crippen LogP contribution in [0.25, 0.3) is 0 Å². The van der Waals surface area contributed by atoms with E-state index in [1.165, 1.54) is 0 Å². The van der Waals surface area contributed by atoms with Crippen molar-refractivity contribution in [2.24, 2.45) is 0 Å². The van der Waals surface area contributed by atoms with Gasteiger partial charge in [0.1, 0.15) is 18.5 Å². The quantitative estimate of drug-likeness (QED) is 0.0518. The summed E-state index contributed by atoms with van der Waals surface area (Å²) in [6.45, 7) is 16.0. The monoisotopic (exact) mass is 657 g/mol. The number of aliphatic hydroxyl groups excluding tert-OH is 1. The smallest absolute Gasteiger partial charge is 0.254 e. The highest BCUT2D eigenvalue weighted by atomic mass is 35.5. The molecule has 2 rings (SSSR count). The average Bonchev–Trinajstić information content (AvgIpc) is 3.47. The lowest BCUT2D eigenvalue weighted by molar-refractivity contribution is -0.105. The van der Waals surface area contributed by atoms with Crippen LogP contribution in [0.4, 0.5) is 11.4 Å². The fraction of sp³-hybridized carbons (Fsp3) is 0.457. The highest BCUT2D eigenvalue weighted by Crippen LogP contribution is 2.34. The van der Waals surface area contributed by atoms with Gasteiger partial charge in [0.2, 0.25) is 0 Å². The van der Waals surface area contributed by atoms with E-state index < -0.39 is 6.17 Å². The molecular weight excluding hydrogens is 606 g/mol. The van der Waals surface area contributed by atoms with Crippen LogP contribution in [0, 0.1) is 0 Å². The number of aliphatic hydroxyl groups is 1. The predicted octanol–water partition coefficient (Wildman–Crippen LogP) is 6.10. The Kier molecular flexibility index (Phi) is 18.8. The third-order valence-corrected chi connectivity index (χ3v) is 7.65. The maximum absolute atomic E-state index is 13.4. The summed E-state index contributed by atoms with van der Waals surface area (Å²) in [4.78, 5) is 39.1. The summed E-state index contributed by atoms with van der Waals surface area (Å²) >= 11 is 5.64. The number of anilines is 2. The minimum atomic E-state index is -0.497. The number of ether oxygens (including phenoxy) is 1. The summed E-state index contributed by atoms with van der Waals surface area (Å²) in [5.41, 5.74) is 3.95. The second-order valence-corrected chi connectivity index (χ2v) is 11.1. The summed E-state index contributed by atoms with van der Waals surface area (Å²) in [6.07, 6.45) is 11.1. The van der Waals surface area contributed by atoms with Gasteiger partial charge in [-0.15, -0.1) is 0 Å². The number of amides is 1. The van der Waals surface area contributed by atoms with Gasteiger partial charge < -0.3 is 36.0 Å². The number of rotatable bonds is 19. The van der Waals surface area contributed by atoms with E-state index in [-0.39, 0.29) is 25.2 Å². The molecule has 1 aromatic carbocycles. The van der Waals surface area contributed by atoms with Gasteiger partial charge in [0.15, 0.2) is 12.6 Å². The molecule has 10 nitrogen and oxygen atoms in total. The van der Waals surface area contributed by atoms with Crippen molar-refractivity contribution in [1.29, 1.82) is 0 Å². The third kappa shape index (κ3) is 11.7. The van der Waals surface area contributed by atoms with Crippen LogP contribution in [-0.2, 0) is 9.53 Å². The fourth-order valence-corrected chi connectivity index (χ4v) is 4.91. The van der Waals surface area contributed by atoms with Crippen LogP contribution in [-0.4, -0.2) is 74.5 Å². The molecule has 0 saturated heterocycles. The van der Waals surface area contributed by atoms with Crippen molar-refractivity contribution in [1.82, 2.24) is 15.5 Å². The van der Waals surface area contributed by atoms with E-state index in [1.54, 1.807) is 49.4 Å². The van der Waals surface area contributed by atoms with Gasteiger partial charge in [-0.25, -0.2) is 0 Å². The van der Waals surface area contributed by atoms with Crippen LogP contribution in [0.15, 0.2) is 71.3 Å². The van der Waals surface area contributed by atoms with E-state index in [0.29, 0.717) is 57.4 Å². The molecular formula is C35H52ClN5O5. The molecule has 0 fully saturated rings. The van der Waals surface area contributed by atoms with Gasteiger partial charge in [-0.1, -0.05) is 57.9 Å². The molecule has 0 saturated carbocycles. The Labute approximate surface area is 279 Å². The molecule has 0 radical (unpaired) electrons. The Morgan fingerprint density at radius 3 is 2.35 bits per heavy atom. The van der Waals surface area contributed by atoms with E-state index >= 15 is 0 Å². The van der Waals surface area contributed by atoms with Gasteiger partial charge in [0.25, 0.3) is 5.91 Å². The summed E-state index contributed by atoms with van der Waals surface area (Å²) in [6, 6.07) is 3.53. The predicted molar refractivity (Wildman–Crippen MR) is 189 cm³/mol. The van der Waals surface area contributed by atoms with Gasteiger partial charge in [0, 0.05) is 48.5 Å². The van der Waals surface area contributed by atoms with Crippen molar-refractivity contribution in [3.63, 3.8) is 0 Å². The van der Waals surface area contributed by atoms with Crippen molar-refractivity contribution in [2.75, 3.05) is 44.5 Å². The van der Waals surface area contributed by atoms with Gasteiger partial charge >= 0.3 is 0 Å². The van der Waals surface area contributed by atoms with Crippen molar-refractivity contribution < 1.29 is 24.2 Å². The summed E-state index contributed by atoms with van der Waals surface area (Å²) in [5, 5.41) is 21.6. The van der Waals surface area contributed by atoms with E-state index in [4.69, 9.17) is 21.4 Å². The second kappa shape index (κ2) is 21.7. The number of aldehydes is 2. The van der Waals surface area contributed by atoms with Crippen LogP contribution in [0.3, 0.4) is 0 Å². The van der Waals surface area contributed by atoms with E-state index in [2.05, 4.69) is 48.3 Å². The maximum Gasteiger partial charge on any atom is 0.254 e. The van der Waals surface area contributed by atoms with Crippen LogP contribution < -0.4 is 21.3 Å². The molecule has 1 aromatic rings. The number of fused-ring (bicyclic) bond motifs is 1. The molecule has 0 spiro atoms. The molecule has 1 amide bonds. The number of benzene rings is 1. The summed E-state index contributed by atoms with van der Waals surface area (Å²) in [5.74, 6) is 0.394. The summed E-state index contributed by atoms with van der Waals surface area (Å²) < 4.78 is 5.13. The first-order valence-electron chi connectivity index (χ1n) is 15.7. The Bertz CT molecular complexity index is 1290. The number of carbonyl (C=O) groups excluding carboxylic acids is 3. The molecule has 1 heterocycles. The number of hydrogen-bond acceptors (Lipinski definition) is 9. The third-order valence-electron chi connectivity index (χ3n) is 7.37. The molecule has 46 heavy (non-hydrogen) atoms. The highest BCUT2D eigenvalue weighted by Gasteiger charge is 2.29.